The highest BCUT2D eigenvalue weighted by atomic mass is 32.1. The fourth-order valence-corrected chi connectivity index (χ4v) is 5.87. The number of halogens is 1. The maximum Gasteiger partial charge on any atom is 0.414 e. The zero-order valence-electron chi connectivity index (χ0n) is 20.3. The molecule has 3 heterocycles. The second-order valence-corrected chi connectivity index (χ2v) is 10.3. The Bertz CT molecular complexity index is 1370. The van der Waals surface area contributed by atoms with Crippen molar-refractivity contribution < 1.29 is 34.0 Å². The molecule has 10 heteroatoms. The van der Waals surface area contributed by atoms with E-state index in [1.54, 1.807) is 17.4 Å². The molecule has 0 bridgehead atoms. The summed E-state index contributed by atoms with van der Waals surface area (Å²) in [6.07, 6.45) is 3.45. The van der Waals surface area contributed by atoms with E-state index in [1.165, 1.54) is 10.9 Å². The zero-order chi connectivity index (χ0) is 26.5. The molecule has 0 unspecified atom stereocenters. The summed E-state index contributed by atoms with van der Waals surface area (Å²) in [5.41, 5.74) is 1.03. The van der Waals surface area contributed by atoms with Gasteiger partial charge >= 0.3 is 11.9 Å². The topological polar surface area (TPSA) is 123 Å². The van der Waals surface area contributed by atoms with Crippen LogP contribution in [0.25, 0.3) is 21.0 Å². The predicted molar refractivity (Wildman–Crippen MR) is 140 cm³/mol. The molecule has 37 heavy (non-hydrogen) atoms. The predicted octanol–water partition coefficient (Wildman–Crippen LogP) is 4.69. The van der Waals surface area contributed by atoms with Crippen LogP contribution >= 0.6 is 11.3 Å². The van der Waals surface area contributed by atoms with Gasteiger partial charge in [0.2, 0.25) is 0 Å². The van der Waals surface area contributed by atoms with Gasteiger partial charge in [-0.3, -0.25) is 4.90 Å². The van der Waals surface area contributed by atoms with Crippen molar-refractivity contribution in [2.45, 2.75) is 37.8 Å². The lowest BCUT2D eigenvalue weighted by atomic mass is 9.90. The minimum Gasteiger partial charge on any atom is -0.490 e. The number of carboxylic acid groups (broad SMARTS) is 2. The van der Waals surface area contributed by atoms with E-state index in [4.69, 9.17) is 24.5 Å². The quantitative estimate of drug-likeness (QED) is 0.268. The Hall–Kier alpha value is -3.47. The van der Waals surface area contributed by atoms with Crippen LogP contribution in [-0.4, -0.2) is 69.0 Å². The second-order valence-electron chi connectivity index (χ2n) is 9.17. The van der Waals surface area contributed by atoms with Crippen LogP contribution in [0.2, 0.25) is 0 Å². The van der Waals surface area contributed by atoms with Crippen molar-refractivity contribution >= 4 is 44.3 Å². The van der Waals surface area contributed by atoms with Crippen molar-refractivity contribution in [2.24, 2.45) is 0 Å². The van der Waals surface area contributed by atoms with Crippen molar-refractivity contribution in [3.8, 4) is 5.75 Å². The van der Waals surface area contributed by atoms with Crippen LogP contribution in [0.15, 0.2) is 54.7 Å². The smallest absolute Gasteiger partial charge is 0.414 e. The van der Waals surface area contributed by atoms with Gasteiger partial charge in [-0.15, -0.1) is 11.3 Å². The van der Waals surface area contributed by atoms with Gasteiger partial charge in [-0.05, 0) is 80.1 Å². The number of aromatic amines is 1. The number of aliphatic hydroxyl groups excluding tert-OH is 1. The Labute approximate surface area is 216 Å². The maximum atomic E-state index is 13.5. The fourth-order valence-electron chi connectivity index (χ4n) is 4.68. The van der Waals surface area contributed by atoms with E-state index in [0.717, 1.165) is 46.1 Å². The first-order valence-electron chi connectivity index (χ1n) is 12.0. The molecule has 0 saturated carbocycles. The largest absolute Gasteiger partial charge is 0.490 e. The Balaban J connectivity index is 0.000000480. The van der Waals surface area contributed by atoms with Crippen LogP contribution in [0, 0.1) is 5.82 Å². The van der Waals surface area contributed by atoms with Crippen molar-refractivity contribution in [1.82, 2.24) is 9.88 Å². The van der Waals surface area contributed by atoms with Gasteiger partial charge < -0.3 is 25.0 Å². The van der Waals surface area contributed by atoms with E-state index >= 15 is 0 Å². The second kappa shape index (κ2) is 11.7. The van der Waals surface area contributed by atoms with Gasteiger partial charge in [-0.1, -0.05) is 6.07 Å². The number of hydrogen-bond donors (Lipinski definition) is 4. The van der Waals surface area contributed by atoms with E-state index in [1.807, 2.05) is 36.5 Å². The lowest BCUT2D eigenvalue weighted by Crippen LogP contribution is -2.45. The van der Waals surface area contributed by atoms with Gasteiger partial charge in [0.05, 0.1) is 0 Å². The van der Waals surface area contributed by atoms with Crippen LogP contribution in [0.3, 0.4) is 0 Å². The van der Waals surface area contributed by atoms with E-state index < -0.39 is 18.0 Å². The maximum absolute atomic E-state index is 13.5. The number of aliphatic hydroxyl groups is 1. The molecule has 0 amide bonds. The van der Waals surface area contributed by atoms with E-state index in [0.29, 0.717) is 18.5 Å². The standard InChI is InChI=1S/C25H27FN2O2S.C2H2O4/c1-16-11-17(25-13-18-12-19(26)5-6-24(18)31-25)8-10-28(16)14-20(29)15-30-23-4-2-3-22-21(23)7-9-27-22;3-1(4)2(5)6/h2-7,9,12-13,16-17,20,27,29H,8,10-11,14-15H2,1H3;(H,3,4)(H,5,6)/t16-,17-,20+;/m1./s1. The summed E-state index contributed by atoms with van der Waals surface area (Å²) in [6.45, 7) is 4.06. The van der Waals surface area contributed by atoms with Crippen molar-refractivity contribution in [1.29, 1.82) is 0 Å². The van der Waals surface area contributed by atoms with E-state index in [2.05, 4.69) is 22.9 Å². The zero-order valence-corrected chi connectivity index (χ0v) is 21.1. The Morgan fingerprint density at radius 3 is 2.70 bits per heavy atom. The summed E-state index contributed by atoms with van der Waals surface area (Å²) in [7, 11) is 0. The molecule has 2 aromatic carbocycles. The van der Waals surface area contributed by atoms with Crippen LogP contribution < -0.4 is 4.74 Å². The Morgan fingerprint density at radius 2 is 1.97 bits per heavy atom. The third-order valence-corrected chi connectivity index (χ3v) is 7.81. The number of aromatic nitrogens is 1. The first-order valence-corrected chi connectivity index (χ1v) is 12.8. The minimum atomic E-state index is -1.82. The Kier molecular flexibility index (Phi) is 8.42. The molecule has 0 aliphatic carbocycles. The summed E-state index contributed by atoms with van der Waals surface area (Å²) in [4.78, 5) is 25.1. The highest BCUT2D eigenvalue weighted by Gasteiger charge is 2.29. The van der Waals surface area contributed by atoms with E-state index in [-0.39, 0.29) is 12.4 Å². The van der Waals surface area contributed by atoms with E-state index in [9.17, 15) is 9.50 Å². The number of piperidine rings is 1. The van der Waals surface area contributed by atoms with Crippen LogP contribution in [0.4, 0.5) is 4.39 Å². The average Bonchev–Trinajstić information content (AvgIpc) is 3.51. The molecular weight excluding hydrogens is 499 g/mol. The number of carboxylic acids is 2. The van der Waals surface area contributed by atoms with Crippen molar-refractivity contribution in [3.05, 3.63) is 65.4 Å². The summed E-state index contributed by atoms with van der Waals surface area (Å²) in [5, 5.41) is 27.4. The highest BCUT2D eigenvalue weighted by Crippen LogP contribution is 2.38. The summed E-state index contributed by atoms with van der Waals surface area (Å²) < 4.78 is 20.6. The number of β-amino-alcohol motifs (C(OH)–C–C–N with tert-alkyl or cyclic N) is 1. The molecule has 1 saturated heterocycles. The molecule has 0 spiro atoms. The van der Waals surface area contributed by atoms with Gasteiger partial charge in [0, 0.05) is 39.3 Å². The van der Waals surface area contributed by atoms with Crippen LogP contribution in [0.5, 0.6) is 5.75 Å². The number of aliphatic carboxylic acids is 2. The Morgan fingerprint density at radius 1 is 1.19 bits per heavy atom. The molecule has 5 rings (SSSR count). The number of ether oxygens (including phenoxy) is 1. The van der Waals surface area contributed by atoms with Crippen LogP contribution in [0.1, 0.15) is 30.6 Å². The SMILES string of the molecule is C[C@@H]1C[C@H](c2cc3cc(F)ccc3s2)CCN1C[C@H](O)COc1cccc2[nH]ccc12.O=C(O)C(=O)O. The van der Waals surface area contributed by atoms with Gasteiger partial charge in [0.25, 0.3) is 0 Å². The van der Waals surface area contributed by atoms with Gasteiger partial charge in [0.15, 0.2) is 0 Å². The third-order valence-electron chi connectivity index (χ3n) is 6.53. The number of nitrogens with zero attached hydrogens (tertiary/aromatic N) is 1. The van der Waals surface area contributed by atoms with Crippen molar-refractivity contribution in [2.75, 3.05) is 19.7 Å². The number of rotatable bonds is 6. The minimum absolute atomic E-state index is 0.177. The normalized spacial score (nSPS) is 18.8. The van der Waals surface area contributed by atoms with Gasteiger partial charge in [0.1, 0.15) is 24.3 Å². The molecule has 4 N–H and O–H groups in total. The van der Waals surface area contributed by atoms with Crippen molar-refractivity contribution in [3.63, 3.8) is 0 Å². The molecule has 8 nitrogen and oxygen atoms in total. The molecular formula is C27H29FN2O6S. The molecule has 2 aromatic heterocycles. The number of benzene rings is 2. The first kappa shape index (κ1) is 26.6. The molecule has 1 aliphatic rings. The number of thiophene rings is 1. The number of carbonyl (C=O) groups is 2. The number of hydrogen-bond acceptors (Lipinski definition) is 6. The third kappa shape index (κ3) is 6.65. The van der Waals surface area contributed by atoms with Gasteiger partial charge in [-0.25, -0.2) is 14.0 Å². The summed E-state index contributed by atoms with van der Waals surface area (Å²) in [6, 6.07) is 15.5. The molecule has 0 radical (unpaired) electrons. The molecule has 1 fully saturated rings. The number of nitrogens with one attached hydrogen (secondary N) is 1. The number of likely N-dealkylation sites (tertiary alicyclic amines) is 1. The lowest BCUT2D eigenvalue weighted by Gasteiger charge is -2.38. The highest BCUT2D eigenvalue weighted by molar-refractivity contribution is 7.19. The van der Waals surface area contributed by atoms with Gasteiger partial charge in [-0.2, -0.15) is 0 Å². The monoisotopic (exact) mass is 528 g/mol. The molecule has 1 aliphatic heterocycles. The fraction of sp³-hybridized carbons (Fsp3) is 0.333. The summed E-state index contributed by atoms with van der Waals surface area (Å²) in [5.74, 6) is -2.54. The van der Waals surface area contributed by atoms with Crippen LogP contribution in [-0.2, 0) is 9.59 Å². The molecule has 196 valence electrons. The molecule has 3 atom stereocenters. The first-order chi connectivity index (χ1) is 17.7. The number of fused-ring (bicyclic) bond motifs is 2. The summed E-state index contributed by atoms with van der Waals surface area (Å²) >= 11 is 1.78. The molecule has 4 aromatic rings. The average molecular weight is 529 g/mol. The lowest BCUT2D eigenvalue weighted by molar-refractivity contribution is -0.159. The number of H-pyrrole nitrogens is 1.